The van der Waals surface area contributed by atoms with E-state index in [1.165, 1.54) is 18.2 Å². The molecule has 28 heavy (non-hydrogen) atoms. The molecule has 0 unspecified atom stereocenters. The summed E-state index contributed by atoms with van der Waals surface area (Å²) in [5, 5.41) is 4.24. The molecule has 0 fully saturated rings. The lowest BCUT2D eigenvalue weighted by molar-refractivity contribution is 0.174. The van der Waals surface area contributed by atoms with Crippen LogP contribution in [0.3, 0.4) is 0 Å². The maximum absolute atomic E-state index is 13.3. The number of hydrogen-bond donors (Lipinski definition) is 0. The summed E-state index contributed by atoms with van der Waals surface area (Å²) in [7, 11) is -4.21. The molecule has 1 aliphatic heterocycles. The third kappa shape index (κ3) is 3.25. The molecule has 0 N–H and O–H groups in total. The van der Waals surface area contributed by atoms with E-state index >= 15 is 0 Å². The van der Waals surface area contributed by atoms with Crippen molar-refractivity contribution >= 4 is 33.2 Å². The van der Waals surface area contributed by atoms with Crippen molar-refractivity contribution in [1.82, 2.24) is 14.2 Å². The van der Waals surface area contributed by atoms with E-state index in [0.717, 1.165) is 4.09 Å². The Kier molecular flexibility index (Phi) is 4.82. The minimum atomic E-state index is -4.21. The first-order valence-corrected chi connectivity index (χ1v) is 10.3. The van der Waals surface area contributed by atoms with Crippen molar-refractivity contribution in [2.45, 2.75) is 11.8 Å². The van der Waals surface area contributed by atoms with Crippen molar-refractivity contribution in [2.75, 3.05) is 13.4 Å². The van der Waals surface area contributed by atoms with Crippen molar-refractivity contribution in [3.05, 3.63) is 46.4 Å². The van der Waals surface area contributed by atoms with Crippen LogP contribution in [-0.4, -0.2) is 36.0 Å². The van der Waals surface area contributed by atoms with Gasteiger partial charge in [0.1, 0.15) is 4.90 Å². The fourth-order valence-corrected chi connectivity index (χ4v) is 4.59. The second-order valence-corrected chi connectivity index (χ2v) is 8.22. The molecule has 11 heteroatoms. The second-order valence-electron chi connectivity index (χ2n) is 5.64. The van der Waals surface area contributed by atoms with E-state index in [0.29, 0.717) is 17.1 Å². The lowest BCUT2D eigenvalue weighted by Crippen LogP contribution is -2.16. The smallest absolute Gasteiger partial charge is 0.337 e. The maximum atomic E-state index is 13.3. The van der Waals surface area contributed by atoms with Gasteiger partial charge in [0, 0.05) is 10.6 Å². The number of halogens is 2. The zero-order valence-corrected chi connectivity index (χ0v) is 16.8. The standard InChI is InChI=1S/C17H13Cl2N3O5S/c1-2-25-17-20-16(10-3-6-13-14(7-10)27-9-26-13)22(21-17)28(23,24)15-8-11(18)4-5-12(15)19/h3-8H,2,9H2,1H3. The summed E-state index contributed by atoms with van der Waals surface area (Å²) >= 11 is 12.1. The molecule has 0 saturated carbocycles. The third-order valence-corrected chi connectivity index (χ3v) is 6.14. The van der Waals surface area contributed by atoms with Crippen LogP contribution in [0.5, 0.6) is 17.5 Å². The van der Waals surface area contributed by atoms with Crippen LogP contribution in [0, 0.1) is 0 Å². The van der Waals surface area contributed by atoms with Crippen molar-refractivity contribution in [1.29, 1.82) is 0 Å². The summed E-state index contributed by atoms with van der Waals surface area (Å²) in [6.07, 6.45) is 0. The van der Waals surface area contributed by atoms with Crippen LogP contribution in [0.4, 0.5) is 0 Å². The Morgan fingerprint density at radius 3 is 2.71 bits per heavy atom. The number of hydrogen-bond acceptors (Lipinski definition) is 7. The van der Waals surface area contributed by atoms with Crippen LogP contribution in [-0.2, 0) is 10.0 Å². The zero-order chi connectivity index (χ0) is 19.9. The number of benzene rings is 2. The Hall–Kier alpha value is -2.49. The van der Waals surface area contributed by atoms with Crippen LogP contribution in [0.15, 0.2) is 41.3 Å². The van der Waals surface area contributed by atoms with Gasteiger partial charge in [0.2, 0.25) is 6.79 Å². The first kappa shape index (κ1) is 18.9. The van der Waals surface area contributed by atoms with Gasteiger partial charge in [-0.25, -0.2) is 0 Å². The van der Waals surface area contributed by atoms with Gasteiger partial charge in [-0.1, -0.05) is 28.3 Å². The number of rotatable bonds is 5. The highest BCUT2D eigenvalue weighted by Gasteiger charge is 2.28. The van der Waals surface area contributed by atoms with Crippen molar-refractivity contribution in [2.24, 2.45) is 0 Å². The van der Waals surface area contributed by atoms with Gasteiger partial charge in [0.15, 0.2) is 17.3 Å². The number of ether oxygens (including phenoxy) is 3. The summed E-state index contributed by atoms with van der Waals surface area (Å²) in [6, 6.07) is 9.00. The van der Waals surface area contributed by atoms with Gasteiger partial charge < -0.3 is 14.2 Å². The Morgan fingerprint density at radius 1 is 1.14 bits per heavy atom. The molecule has 1 aromatic heterocycles. The highest BCUT2D eigenvalue weighted by Crippen LogP contribution is 2.37. The summed E-state index contributed by atoms with van der Waals surface area (Å²) in [6.45, 7) is 2.10. The van der Waals surface area contributed by atoms with Gasteiger partial charge in [0.25, 0.3) is 10.0 Å². The number of nitrogens with zero attached hydrogens (tertiary/aromatic N) is 3. The van der Waals surface area contributed by atoms with Gasteiger partial charge in [0.05, 0.1) is 11.6 Å². The molecule has 146 valence electrons. The summed E-state index contributed by atoms with van der Waals surface area (Å²) in [5.41, 5.74) is 0.449. The molecule has 1 aliphatic rings. The van der Waals surface area contributed by atoms with Crippen LogP contribution in [0.1, 0.15) is 6.92 Å². The normalized spacial score (nSPS) is 13.0. The van der Waals surface area contributed by atoms with Gasteiger partial charge in [-0.3, -0.25) is 0 Å². The quantitative estimate of drug-likeness (QED) is 0.596. The van der Waals surface area contributed by atoms with Crippen molar-refractivity contribution in [3.63, 3.8) is 0 Å². The van der Waals surface area contributed by atoms with Gasteiger partial charge in [-0.05, 0) is 43.3 Å². The predicted molar refractivity (Wildman–Crippen MR) is 102 cm³/mol. The van der Waals surface area contributed by atoms with E-state index in [4.69, 9.17) is 37.4 Å². The van der Waals surface area contributed by atoms with E-state index in [1.807, 2.05) is 0 Å². The Morgan fingerprint density at radius 2 is 1.93 bits per heavy atom. The van der Waals surface area contributed by atoms with Crippen molar-refractivity contribution < 1.29 is 22.6 Å². The molecule has 3 aromatic rings. The molecule has 2 heterocycles. The number of fused-ring (bicyclic) bond motifs is 1. The Bertz CT molecular complexity index is 1160. The average molecular weight is 442 g/mol. The molecule has 8 nitrogen and oxygen atoms in total. The summed E-state index contributed by atoms with van der Waals surface area (Å²) in [5.74, 6) is 1.07. The maximum Gasteiger partial charge on any atom is 0.337 e. The van der Waals surface area contributed by atoms with Gasteiger partial charge in [-0.2, -0.15) is 13.4 Å². The SMILES string of the molecule is CCOc1nc(-c2ccc3c(c2)OCO3)n(S(=O)(=O)c2cc(Cl)ccc2Cl)n1. The van der Waals surface area contributed by atoms with Gasteiger partial charge >= 0.3 is 6.01 Å². The Labute approximate surface area is 170 Å². The topological polar surface area (TPSA) is 92.5 Å². The van der Waals surface area contributed by atoms with Crippen LogP contribution in [0.25, 0.3) is 11.4 Å². The molecule has 0 atom stereocenters. The zero-order valence-electron chi connectivity index (χ0n) is 14.4. The minimum Gasteiger partial charge on any atom is -0.463 e. The first-order chi connectivity index (χ1) is 13.4. The Balaban J connectivity index is 1.90. The van der Waals surface area contributed by atoms with E-state index in [2.05, 4.69) is 10.1 Å². The molecule has 0 saturated heterocycles. The summed E-state index contributed by atoms with van der Waals surface area (Å²) < 4.78 is 43.2. The van der Waals surface area contributed by atoms with Crippen molar-refractivity contribution in [3.8, 4) is 28.9 Å². The van der Waals surface area contributed by atoms with Gasteiger partial charge in [-0.15, -0.1) is 4.09 Å². The molecule has 2 aromatic carbocycles. The molecular formula is C17H13Cl2N3O5S. The molecule has 0 spiro atoms. The molecule has 0 bridgehead atoms. The second kappa shape index (κ2) is 7.16. The monoisotopic (exact) mass is 441 g/mol. The molecular weight excluding hydrogens is 429 g/mol. The van der Waals surface area contributed by atoms with Crippen LogP contribution < -0.4 is 14.2 Å². The minimum absolute atomic E-state index is 0.00879. The lowest BCUT2D eigenvalue weighted by Gasteiger charge is -2.09. The highest BCUT2D eigenvalue weighted by atomic mass is 35.5. The lowest BCUT2D eigenvalue weighted by atomic mass is 10.2. The average Bonchev–Trinajstić information content (AvgIpc) is 3.30. The predicted octanol–water partition coefficient (Wildman–Crippen LogP) is 3.62. The number of aromatic nitrogens is 3. The largest absolute Gasteiger partial charge is 0.463 e. The van der Waals surface area contributed by atoms with E-state index in [1.54, 1.807) is 25.1 Å². The summed E-state index contributed by atoms with van der Waals surface area (Å²) in [4.78, 5) is 4.02. The van der Waals surface area contributed by atoms with E-state index in [9.17, 15) is 8.42 Å². The molecule has 0 aliphatic carbocycles. The first-order valence-electron chi connectivity index (χ1n) is 8.10. The third-order valence-electron chi connectivity index (χ3n) is 3.86. The van der Waals surface area contributed by atoms with E-state index in [-0.39, 0.29) is 40.2 Å². The van der Waals surface area contributed by atoms with Crippen LogP contribution in [0.2, 0.25) is 10.0 Å². The highest BCUT2D eigenvalue weighted by molar-refractivity contribution is 7.90. The molecule has 0 amide bonds. The fourth-order valence-electron chi connectivity index (χ4n) is 2.62. The fraction of sp³-hybridized carbons (Fsp3) is 0.176. The molecule has 4 rings (SSSR count). The van der Waals surface area contributed by atoms with Crippen LogP contribution >= 0.6 is 23.2 Å². The molecule has 0 radical (unpaired) electrons. The van der Waals surface area contributed by atoms with E-state index < -0.39 is 10.0 Å².